The van der Waals surface area contributed by atoms with Gasteiger partial charge in [0.25, 0.3) is 0 Å². The van der Waals surface area contributed by atoms with E-state index in [0.717, 1.165) is 0 Å². The monoisotopic (exact) mass is 208 g/mol. The van der Waals surface area contributed by atoms with Crippen molar-refractivity contribution in [2.24, 2.45) is 0 Å². The van der Waals surface area contributed by atoms with E-state index in [9.17, 15) is 9.59 Å². The van der Waals surface area contributed by atoms with Crippen LogP contribution in [0.2, 0.25) is 0 Å². The quantitative estimate of drug-likeness (QED) is 0.282. The van der Waals surface area contributed by atoms with Gasteiger partial charge in [-0.15, -0.1) is 0 Å². The minimum absolute atomic E-state index is 0.893. The number of ketones is 2. The molecule has 0 aliphatic carbocycles. The largest absolute Gasteiger partial charge is 0.394 e. The third kappa shape index (κ3) is 3.13. The summed E-state index contributed by atoms with van der Waals surface area (Å²) in [4.78, 5) is 21.7. The van der Waals surface area contributed by atoms with Gasteiger partial charge in [0.1, 0.15) is 18.3 Å². The number of aliphatic hydroxyl groups is 5. The molecular formula is C7H12O7. The lowest BCUT2D eigenvalue weighted by molar-refractivity contribution is -0.151. The number of carbonyl (C=O) groups excluding carboxylic acids is 2. The fraction of sp³-hybridized carbons (Fsp3) is 0.714. The smallest absolute Gasteiger partial charge is 0.232 e. The van der Waals surface area contributed by atoms with Gasteiger partial charge in [0.15, 0.2) is 0 Å². The first-order valence-electron chi connectivity index (χ1n) is 3.79. The number of rotatable bonds is 6. The molecule has 0 radical (unpaired) electrons. The van der Waals surface area contributed by atoms with Crippen LogP contribution in [0.15, 0.2) is 0 Å². The molecule has 0 aliphatic heterocycles. The number of hydrogen-bond donors (Lipinski definition) is 5. The summed E-state index contributed by atoms with van der Waals surface area (Å²) >= 11 is 0. The minimum atomic E-state index is -2.09. The molecule has 0 fully saturated rings. The Morgan fingerprint density at radius 3 is 1.79 bits per heavy atom. The van der Waals surface area contributed by atoms with Gasteiger partial charge in [0.2, 0.25) is 11.6 Å². The van der Waals surface area contributed by atoms with Crippen molar-refractivity contribution in [3.63, 3.8) is 0 Å². The number of hydrogen-bond acceptors (Lipinski definition) is 7. The van der Waals surface area contributed by atoms with Crippen LogP contribution in [-0.2, 0) is 9.59 Å². The van der Waals surface area contributed by atoms with E-state index in [1.54, 1.807) is 0 Å². The van der Waals surface area contributed by atoms with E-state index in [-0.39, 0.29) is 0 Å². The van der Waals surface area contributed by atoms with Crippen LogP contribution in [0.1, 0.15) is 0 Å². The normalized spacial score (nSPS) is 17.2. The molecule has 0 aromatic heterocycles. The summed E-state index contributed by atoms with van der Waals surface area (Å²) in [7, 11) is 0. The second-order valence-corrected chi connectivity index (χ2v) is 2.62. The lowest BCUT2D eigenvalue weighted by atomic mass is 10.0. The third-order valence-corrected chi connectivity index (χ3v) is 1.54. The van der Waals surface area contributed by atoms with Gasteiger partial charge in [-0.3, -0.25) is 9.59 Å². The standard InChI is InChI=1S/C7H12O7/c8-1-3(10)5(12)7(14)6(13)4(11)2-9/h3-5,8-12H,1-2H2. The zero-order chi connectivity index (χ0) is 11.3. The second kappa shape index (κ2) is 5.78. The maximum absolute atomic E-state index is 10.9. The van der Waals surface area contributed by atoms with E-state index < -0.39 is 43.1 Å². The molecule has 0 bridgehead atoms. The first-order chi connectivity index (χ1) is 6.45. The van der Waals surface area contributed by atoms with E-state index >= 15 is 0 Å². The van der Waals surface area contributed by atoms with Crippen molar-refractivity contribution in [3.8, 4) is 0 Å². The van der Waals surface area contributed by atoms with E-state index in [0.29, 0.717) is 0 Å². The fourth-order valence-corrected chi connectivity index (χ4v) is 0.667. The Kier molecular flexibility index (Phi) is 5.43. The van der Waals surface area contributed by atoms with Crippen molar-refractivity contribution in [1.29, 1.82) is 0 Å². The van der Waals surface area contributed by atoms with E-state index in [4.69, 9.17) is 25.5 Å². The molecule has 14 heavy (non-hydrogen) atoms. The van der Waals surface area contributed by atoms with Crippen molar-refractivity contribution >= 4 is 11.6 Å². The lowest BCUT2D eigenvalue weighted by Crippen LogP contribution is -2.44. The van der Waals surface area contributed by atoms with Gasteiger partial charge in [-0.05, 0) is 0 Å². The highest BCUT2D eigenvalue weighted by molar-refractivity contribution is 6.40. The maximum Gasteiger partial charge on any atom is 0.232 e. The zero-order valence-corrected chi connectivity index (χ0v) is 7.20. The molecule has 0 saturated heterocycles. The van der Waals surface area contributed by atoms with Crippen LogP contribution < -0.4 is 0 Å². The van der Waals surface area contributed by atoms with E-state index in [2.05, 4.69) is 0 Å². The van der Waals surface area contributed by atoms with Gasteiger partial charge in [-0.2, -0.15) is 0 Å². The van der Waals surface area contributed by atoms with E-state index in [1.165, 1.54) is 0 Å². The highest BCUT2D eigenvalue weighted by Gasteiger charge is 2.32. The fourth-order valence-electron chi connectivity index (χ4n) is 0.667. The van der Waals surface area contributed by atoms with Crippen molar-refractivity contribution in [1.82, 2.24) is 0 Å². The van der Waals surface area contributed by atoms with Crippen LogP contribution in [0.25, 0.3) is 0 Å². The average Bonchev–Trinajstić information content (AvgIpc) is 2.23. The summed E-state index contributed by atoms with van der Waals surface area (Å²) in [6, 6.07) is 0. The van der Waals surface area contributed by atoms with Gasteiger partial charge < -0.3 is 25.5 Å². The van der Waals surface area contributed by atoms with Crippen LogP contribution in [0, 0.1) is 0 Å². The van der Waals surface area contributed by atoms with Crippen LogP contribution in [-0.4, -0.2) is 68.6 Å². The van der Waals surface area contributed by atoms with Crippen molar-refractivity contribution in [3.05, 3.63) is 0 Å². The summed E-state index contributed by atoms with van der Waals surface area (Å²) in [6.45, 7) is -1.85. The number of aliphatic hydroxyl groups excluding tert-OH is 5. The van der Waals surface area contributed by atoms with Gasteiger partial charge in [0.05, 0.1) is 13.2 Å². The predicted octanol–water partition coefficient (Wildman–Crippen LogP) is -3.81. The van der Waals surface area contributed by atoms with Gasteiger partial charge in [-0.1, -0.05) is 0 Å². The molecule has 0 aliphatic rings. The molecule has 3 atom stereocenters. The van der Waals surface area contributed by atoms with Crippen LogP contribution in [0.5, 0.6) is 0 Å². The van der Waals surface area contributed by atoms with Gasteiger partial charge in [0, 0.05) is 0 Å². The molecule has 7 nitrogen and oxygen atoms in total. The van der Waals surface area contributed by atoms with Gasteiger partial charge >= 0.3 is 0 Å². The molecule has 0 spiro atoms. The van der Waals surface area contributed by atoms with Crippen molar-refractivity contribution in [2.75, 3.05) is 13.2 Å². The summed E-state index contributed by atoms with van der Waals surface area (Å²) < 4.78 is 0. The molecular weight excluding hydrogens is 196 g/mol. The number of Topliss-reactive ketones (excluding diaryl/α,β-unsaturated/α-hetero) is 2. The molecule has 0 aromatic carbocycles. The molecule has 0 aromatic rings. The molecule has 5 N–H and O–H groups in total. The first kappa shape index (κ1) is 13.1. The van der Waals surface area contributed by atoms with Crippen LogP contribution in [0.3, 0.4) is 0 Å². The minimum Gasteiger partial charge on any atom is -0.394 e. The molecule has 0 amide bonds. The summed E-state index contributed by atoms with van der Waals surface area (Å²) in [6.07, 6.45) is -5.78. The molecule has 82 valence electrons. The molecule has 3 unspecified atom stereocenters. The second-order valence-electron chi connectivity index (χ2n) is 2.62. The molecule has 0 heterocycles. The maximum atomic E-state index is 10.9. The summed E-state index contributed by atoms with van der Waals surface area (Å²) in [5, 5.41) is 43.1. The Bertz CT molecular complexity index is 214. The van der Waals surface area contributed by atoms with Crippen LogP contribution >= 0.6 is 0 Å². The Hall–Kier alpha value is -0.860. The van der Waals surface area contributed by atoms with E-state index in [1.807, 2.05) is 0 Å². The predicted molar refractivity (Wildman–Crippen MR) is 42.2 cm³/mol. The Balaban J connectivity index is 4.39. The highest BCUT2D eigenvalue weighted by atomic mass is 16.4. The Labute approximate surface area is 79.2 Å². The third-order valence-electron chi connectivity index (χ3n) is 1.54. The zero-order valence-electron chi connectivity index (χ0n) is 7.20. The lowest BCUT2D eigenvalue weighted by Gasteiger charge is -2.14. The molecule has 0 saturated carbocycles. The highest BCUT2D eigenvalue weighted by Crippen LogP contribution is 1.98. The summed E-state index contributed by atoms with van der Waals surface area (Å²) in [5.41, 5.74) is 0. The number of carbonyl (C=O) groups is 2. The Morgan fingerprint density at radius 1 is 0.929 bits per heavy atom. The Morgan fingerprint density at radius 2 is 1.43 bits per heavy atom. The molecule has 0 rings (SSSR count). The molecule has 7 heteroatoms. The summed E-state index contributed by atoms with van der Waals surface area (Å²) in [5.74, 6) is -2.86. The SMILES string of the molecule is O=C(C(=O)C(O)C(O)CO)C(O)CO. The van der Waals surface area contributed by atoms with Crippen LogP contribution in [0.4, 0.5) is 0 Å². The topological polar surface area (TPSA) is 135 Å². The average molecular weight is 208 g/mol. The first-order valence-corrected chi connectivity index (χ1v) is 3.79. The van der Waals surface area contributed by atoms with Crippen molar-refractivity contribution in [2.45, 2.75) is 18.3 Å². The van der Waals surface area contributed by atoms with Crippen molar-refractivity contribution < 1.29 is 35.1 Å². The van der Waals surface area contributed by atoms with Gasteiger partial charge in [-0.25, -0.2) is 0 Å².